The van der Waals surface area contributed by atoms with Crippen LogP contribution < -0.4 is 10.1 Å². The smallest absolute Gasteiger partial charge is 0.361 e. The topological polar surface area (TPSA) is 94.1 Å². The molecule has 1 aromatic rings. The molecule has 1 amide bonds. The number of hydrogen-bond donors (Lipinski definition) is 2. The minimum atomic E-state index is -1.32. The van der Waals surface area contributed by atoms with Crippen molar-refractivity contribution in [3.05, 3.63) is 29.0 Å². The van der Waals surface area contributed by atoms with E-state index in [1.807, 2.05) is 0 Å². The molecular weight excluding hydrogens is 321 g/mol. The summed E-state index contributed by atoms with van der Waals surface area (Å²) < 4.78 is 28.1. The van der Waals surface area contributed by atoms with Crippen molar-refractivity contribution in [2.24, 2.45) is 0 Å². The van der Waals surface area contributed by atoms with Gasteiger partial charge < -0.3 is 24.6 Å². The number of ether oxygens (including phenoxy) is 3. The normalized spacial score (nSPS) is 21.2. The molecule has 0 unspecified atom stereocenters. The Hall–Kier alpha value is -1.90. The van der Waals surface area contributed by atoms with E-state index in [-0.39, 0.29) is 30.6 Å². The molecule has 0 aromatic heterocycles. The Morgan fingerprint density at radius 1 is 1.41 bits per heavy atom. The summed E-state index contributed by atoms with van der Waals surface area (Å²) in [6.07, 6.45) is -1.32. The summed E-state index contributed by atoms with van der Waals surface area (Å²) in [5, 5.41) is 11.2. The highest BCUT2D eigenvalue weighted by Crippen LogP contribution is 2.20. The number of halogens is 2. The van der Waals surface area contributed by atoms with E-state index in [1.54, 1.807) is 0 Å². The van der Waals surface area contributed by atoms with Crippen LogP contribution in [0.2, 0.25) is 5.02 Å². The number of amides is 1. The van der Waals surface area contributed by atoms with Crippen LogP contribution in [0.4, 0.5) is 4.39 Å². The van der Waals surface area contributed by atoms with E-state index in [9.17, 15) is 14.0 Å². The lowest BCUT2D eigenvalue weighted by molar-refractivity contribution is -0.211. The van der Waals surface area contributed by atoms with E-state index in [4.69, 9.17) is 30.9 Å². The summed E-state index contributed by atoms with van der Waals surface area (Å²) in [5.41, 5.74) is 0. The van der Waals surface area contributed by atoms with E-state index >= 15 is 0 Å². The monoisotopic (exact) mass is 333 g/mol. The minimum Gasteiger partial charge on any atom is -0.484 e. The summed E-state index contributed by atoms with van der Waals surface area (Å²) >= 11 is 5.53. The first kappa shape index (κ1) is 16.5. The maximum atomic E-state index is 13.2. The van der Waals surface area contributed by atoms with Crippen molar-refractivity contribution in [3.63, 3.8) is 0 Å². The largest absolute Gasteiger partial charge is 0.484 e. The molecule has 1 heterocycles. The molecule has 1 fully saturated rings. The van der Waals surface area contributed by atoms with Gasteiger partial charge in [0.1, 0.15) is 11.6 Å². The zero-order chi connectivity index (χ0) is 16.1. The zero-order valence-electron chi connectivity index (χ0n) is 11.3. The van der Waals surface area contributed by atoms with E-state index in [0.29, 0.717) is 0 Å². The number of rotatable bonds is 5. The van der Waals surface area contributed by atoms with Crippen LogP contribution in [-0.4, -0.2) is 49.1 Å². The Balaban J connectivity index is 1.74. The highest BCUT2D eigenvalue weighted by molar-refractivity contribution is 6.30. The lowest BCUT2D eigenvalue weighted by atomic mass is 10.3. The molecule has 2 rings (SSSR count). The van der Waals surface area contributed by atoms with Gasteiger partial charge in [-0.3, -0.25) is 4.79 Å². The van der Waals surface area contributed by atoms with Crippen LogP contribution in [0.25, 0.3) is 0 Å². The van der Waals surface area contributed by atoms with Crippen LogP contribution in [0.5, 0.6) is 5.75 Å². The van der Waals surface area contributed by atoms with Gasteiger partial charge in [0, 0.05) is 6.07 Å². The lowest BCUT2D eigenvalue weighted by Gasteiger charge is -2.27. The first-order valence-electron chi connectivity index (χ1n) is 6.29. The minimum absolute atomic E-state index is 0.0122. The predicted octanol–water partition coefficient (Wildman–Crippen LogP) is 0.800. The molecule has 0 bridgehead atoms. The van der Waals surface area contributed by atoms with Gasteiger partial charge >= 0.3 is 5.97 Å². The number of carboxylic acid groups (broad SMARTS) is 1. The second-order valence-electron chi connectivity index (χ2n) is 4.47. The zero-order valence-corrected chi connectivity index (χ0v) is 12.0. The number of benzene rings is 1. The van der Waals surface area contributed by atoms with E-state index in [2.05, 4.69) is 5.32 Å². The molecule has 0 aliphatic carbocycles. The molecule has 1 saturated heterocycles. The Bertz CT molecular complexity index is 561. The second-order valence-corrected chi connectivity index (χ2v) is 4.87. The van der Waals surface area contributed by atoms with Crippen LogP contribution in [0.1, 0.15) is 0 Å². The van der Waals surface area contributed by atoms with Gasteiger partial charge in [-0.1, -0.05) is 11.6 Å². The van der Waals surface area contributed by atoms with Gasteiger partial charge in [-0.15, -0.1) is 0 Å². The molecule has 0 radical (unpaired) electrons. The third kappa shape index (κ3) is 4.55. The first-order valence-corrected chi connectivity index (χ1v) is 6.66. The van der Waals surface area contributed by atoms with Gasteiger partial charge in [-0.2, -0.15) is 0 Å². The molecule has 1 aliphatic rings. The number of nitrogens with one attached hydrogen (secondary N) is 1. The number of carboxylic acids is 1. The fourth-order valence-electron chi connectivity index (χ4n) is 1.71. The Morgan fingerprint density at radius 2 is 2.09 bits per heavy atom. The van der Waals surface area contributed by atoms with Crippen molar-refractivity contribution >= 4 is 23.5 Å². The SMILES string of the molecule is O=C(COc1ccc(Cl)c(F)c1)NC1COC(C(=O)O)OC1. The molecule has 0 spiro atoms. The summed E-state index contributed by atoms with van der Waals surface area (Å²) in [5.74, 6) is -2.17. The standard InChI is InChI=1S/C13H13ClFNO6/c14-9-2-1-8(3-10(9)15)20-6-11(17)16-7-4-21-13(12(18)19)22-5-7/h1-3,7,13H,4-6H2,(H,16,17)(H,18,19). The Labute approximate surface area is 129 Å². The van der Waals surface area contributed by atoms with Gasteiger partial charge in [-0.05, 0) is 12.1 Å². The van der Waals surface area contributed by atoms with Gasteiger partial charge in [0.15, 0.2) is 6.61 Å². The van der Waals surface area contributed by atoms with Crippen molar-refractivity contribution in [1.82, 2.24) is 5.32 Å². The van der Waals surface area contributed by atoms with E-state index < -0.39 is 30.0 Å². The van der Waals surface area contributed by atoms with Crippen LogP contribution in [-0.2, 0) is 19.1 Å². The van der Waals surface area contributed by atoms with E-state index in [1.165, 1.54) is 12.1 Å². The third-order valence-corrected chi connectivity index (χ3v) is 3.03. The highest BCUT2D eigenvalue weighted by Gasteiger charge is 2.28. The number of aliphatic carboxylic acids is 1. The molecular formula is C13H13ClFNO6. The van der Waals surface area contributed by atoms with Crippen LogP contribution >= 0.6 is 11.6 Å². The van der Waals surface area contributed by atoms with Crippen molar-refractivity contribution in [2.75, 3.05) is 19.8 Å². The molecule has 9 heteroatoms. The maximum Gasteiger partial charge on any atom is 0.361 e. The van der Waals surface area contributed by atoms with Gasteiger partial charge in [0.25, 0.3) is 12.2 Å². The van der Waals surface area contributed by atoms with Crippen LogP contribution in [0, 0.1) is 5.82 Å². The summed E-state index contributed by atoms with van der Waals surface area (Å²) in [6, 6.07) is 3.34. The summed E-state index contributed by atoms with van der Waals surface area (Å²) in [7, 11) is 0. The average Bonchev–Trinajstić information content (AvgIpc) is 2.49. The first-order chi connectivity index (χ1) is 10.5. The fraction of sp³-hybridized carbons (Fsp3) is 0.385. The van der Waals surface area contributed by atoms with Gasteiger partial charge in [0.2, 0.25) is 0 Å². The average molecular weight is 334 g/mol. The van der Waals surface area contributed by atoms with Crippen molar-refractivity contribution in [3.8, 4) is 5.75 Å². The molecule has 1 aromatic carbocycles. The summed E-state index contributed by atoms with van der Waals surface area (Å²) in [4.78, 5) is 22.3. The highest BCUT2D eigenvalue weighted by atomic mass is 35.5. The Morgan fingerprint density at radius 3 is 2.68 bits per heavy atom. The lowest BCUT2D eigenvalue weighted by Crippen LogP contribution is -2.49. The summed E-state index contributed by atoms with van der Waals surface area (Å²) in [6.45, 7) is -0.309. The van der Waals surface area contributed by atoms with Crippen LogP contribution in [0.15, 0.2) is 18.2 Å². The number of hydrogen-bond acceptors (Lipinski definition) is 5. The fourth-order valence-corrected chi connectivity index (χ4v) is 1.83. The second kappa shape index (κ2) is 7.39. The predicted molar refractivity (Wildman–Crippen MR) is 72.2 cm³/mol. The molecule has 7 nitrogen and oxygen atoms in total. The number of carbonyl (C=O) groups excluding carboxylic acids is 1. The van der Waals surface area contributed by atoms with Crippen molar-refractivity contribution in [2.45, 2.75) is 12.3 Å². The van der Waals surface area contributed by atoms with E-state index in [0.717, 1.165) is 6.07 Å². The molecule has 1 aliphatic heterocycles. The molecule has 22 heavy (non-hydrogen) atoms. The molecule has 0 saturated carbocycles. The molecule has 2 N–H and O–H groups in total. The van der Waals surface area contributed by atoms with Gasteiger partial charge in [-0.25, -0.2) is 9.18 Å². The van der Waals surface area contributed by atoms with Crippen LogP contribution in [0.3, 0.4) is 0 Å². The quantitative estimate of drug-likeness (QED) is 0.828. The molecule has 120 valence electrons. The maximum absolute atomic E-state index is 13.2. The third-order valence-electron chi connectivity index (χ3n) is 2.73. The van der Waals surface area contributed by atoms with Gasteiger partial charge in [0.05, 0.1) is 24.3 Å². The van der Waals surface area contributed by atoms with Crippen molar-refractivity contribution in [1.29, 1.82) is 0 Å². The Kier molecular flexibility index (Phi) is 5.53. The van der Waals surface area contributed by atoms with Crippen molar-refractivity contribution < 1.29 is 33.3 Å². The number of carbonyl (C=O) groups is 2. The molecule has 0 atom stereocenters.